The molecule has 1 aliphatic rings. The van der Waals surface area contributed by atoms with Gasteiger partial charge in [0.2, 0.25) is 0 Å². The Bertz CT molecular complexity index is 471. The Morgan fingerprint density at radius 3 is 2.20 bits per heavy atom. The predicted octanol–water partition coefficient (Wildman–Crippen LogP) is 3.07. The molecule has 20 heavy (non-hydrogen) atoms. The number of halogens is 1. The molecule has 1 aromatic rings. The van der Waals surface area contributed by atoms with Gasteiger partial charge in [-0.2, -0.15) is 0 Å². The molecule has 2 atom stereocenters. The second-order valence-electron chi connectivity index (χ2n) is 6.89. The fraction of sp³-hybridized carbons (Fsp3) is 0.733. The highest BCUT2D eigenvalue weighted by Crippen LogP contribution is 2.26. The van der Waals surface area contributed by atoms with Crippen LogP contribution in [0.3, 0.4) is 0 Å². The summed E-state index contributed by atoms with van der Waals surface area (Å²) in [4.78, 5) is 14.1. The number of piperazine rings is 1. The average Bonchev–Trinajstić information content (AvgIpc) is 2.33. The molecule has 1 fully saturated rings. The van der Waals surface area contributed by atoms with Crippen molar-refractivity contribution in [1.82, 2.24) is 14.9 Å². The molecule has 5 heteroatoms. The number of anilines is 1. The van der Waals surface area contributed by atoms with Crippen LogP contribution in [-0.2, 0) is 5.41 Å². The lowest BCUT2D eigenvalue weighted by Gasteiger charge is -2.43. The Balaban J connectivity index is 2.31. The standard InChI is InChI=1S/C15H25BrN4/c1-10-8-20(9-11(2)19(10)6)13-7-12(16)17-14(18-13)15(3,4)5/h7,10-11H,8-9H2,1-6H3. The Hall–Kier alpha value is -0.680. The summed E-state index contributed by atoms with van der Waals surface area (Å²) in [7, 11) is 2.20. The third-order valence-electron chi connectivity index (χ3n) is 4.04. The molecule has 0 amide bonds. The number of hydrogen-bond acceptors (Lipinski definition) is 4. The van der Waals surface area contributed by atoms with Crippen LogP contribution in [-0.4, -0.2) is 47.1 Å². The van der Waals surface area contributed by atoms with Crippen molar-refractivity contribution >= 4 is 21.7 Å². The second-order valence-corrected chi connectivity index (χ2v) is 7.70. The van der Waals surface area contributed by atoms with E-state index in [0.29, 0.717) is 12.1 Å². The van der Waals surface area contributed by atoms with Gasteiger partial charge in [-0.15, -0.1) is 0 Å². The first kappa shape index (κ1) is 15.7. The Kier molecular flexibility index (Phi) is 4.40. The normalized spacial score (nSPS) is 25.1. The summed E-state index contributed by atoms with van der Waals surface area (Å²) >= 11 is 3.53. The lowest BCUT2D eigenvalue weighted by Crippen LogP contribution is -2.55. The van der Waals surface area contributed by atoms with E-state index < -0.39 is 0 Å². The van der Waals surface area contributed by atoms with Crippen LogP contribution in [0.25, 0.3) is 0 Å². The zero-order chi connectivity index (χ0) is 15.1. The first-order valence-electron chi connectivity index (χ1n) is 7.20. The van der Waals surface area contributed by atoms with Gasteiger partial charge in [-0.1, -0.05) is 20.8 Å². The molecule has 4 nitrogen and oxygen atoms in total. The van der Waals surface area contributed by atoms with E-state index >= 15 is 0 Å². The molecule has 1 saturated heterocycles. The summed E-state index contributed by atoms with van der Waals surface area (Å²) in [5.74, 6) is 1.92. The largest absolute Gasteiger partial charge is 0.353 e. The number of likely N-dealkylation sites (N-methyl/N-ethyl adjacent to an activating group) is 1. The van der Waals surface area contributed by atoms with E-state index in [1.165, 1.54) is 0 Å². The van der Waals surface area contributed by atoms with Gasteiger partial charge in [0.1, 0.15) is 16.2 Å². The molecule has 2 heterocycles. The third kappa shape index (κ3) is 3.31. The van der Waals surface area contributed by atoms with Gasteiger partial charge >= 0.3 is 0 Å². The molecule has 0 aromatic carbocycles. The molecule has 2 unspecified atom stereocenters. The Morgan fingerprint density at radius 2 is 1.70 bits per heavy atom. The van der Waals surface area contributed by atoms with E-state index in [1.54, 1.807) is 0 Å². The van der Waals surface area contributed by atoms with Crippen LogP contribution in [0.1, 0.15) is 40.4 Å². The minimum atomic E-state index is -0.0393. The maximum atomic E-state index is 4.79. The van der Waals surface area contributed by atoms with Crippen molar-refractivity contribution in [1.29, 1.82) is 0 Å². The minimum Gasteiger partial charge on any atom is -0.353 e. The highest BCUT2D eigenvalue weighted by atomic mass is 79.9. The smallest absolute Gasteiger partial charge is 0.137 e. The fourth-order valence-electron chi connectivity index (χ4n) is 2.49. The number of hydrogen-bond donors (Lipinski definition) is 0. The van der Waals surface area contributed by atoms with Crippen LogP contribution < -0.4 is 4.90 Å². The maximum absolute atomic E-state index is 4.79. The molecule has 0 aliphatic carbocycles. The van der Waals surface area contributed by atoms with Gasteiger partial charge in [0.25, 0.3) is 0 Å². The molecule has 0 N–H and O–H groups in total. The fourth-order valence-corrected chi connectivity index (χ4v) is 2.87. The topological polar surface area (TPSA) is 32.3 Å². The van der Waals surface area contributed by atoms with Crippen molar-refractivity contribution in [3.8, 4) is 0 Å². The van der Waals surface area contributed by atoms with Crippen molar-refractivity contribution in [2.75, 3.05) is 25.0 Å². The summed E-state index contributed by atoms with van der Waals surface area (Å²) < 4.78 is 0.867. The van der Waals surface area contributed by atoms with E-state index in [0.717, 1.165) is 29.3 Å². The van der Waals surface area contributed by atoms with E-state index in [4.69, 9.17) is 4.98 Å². The lowest BCUT2D eigenvalue weighted by molar-refractivity contribution is 0.169. The zero-order valence-corrected chi connectivity index (χ0v) is 14.9. The van der Waals surface area contributed by atoms with E-state index in [1.807, 2.05) is 6.07 Å². The van der Waals surface area contributed by atoms with E-state index in [9.17, 15) is 0 Å². The van der Waals surface area contributed by atoms with Crippen LogP contribution in [0.5, 0.6) is 0 Å². The van der Waals surface area contributed by atoms with Gasteiger partial charge in [-0.3, -0.25) is 4.90 Å². The van der Waals surface area contributed by atoms with Crippen molar-refractivity contribution < 1.29 is 0 Å². The Labute approximate surface area is 130 Å². The van der Waals surface area contributed by atoms with Gasteiger partial charge < -0.3 is 4.90 Å². The molecule has 0 spiro atoms. The number of aromatic nitrogens is 2. The molecule has 1 aliphatic heterocycles. The maximum Gasteiger partial charge on any atom is 0.137 e. The van der Waals surface area contributed by atoms with Crippen LogP contribution in [0.15, 0.2) is 10.7 Å². The molecule has 2 rings (SSSR count). The highest BCUT2D eigenvalue weighted by molar-refractivity contribution is 9.10. The first-order valence-corrected chi connectivity index (χ1v) is 7.99. The molecule has 1 aromatic heterocycles. The van der Waals surface area contributed by atoms with Gasteiger partial charge in [0.05, 0.1) is 0 Å². The first-order chi connectivity index (χ1) is 9.18. The van der Waals surface area contributed by atoms with E-state index in [-0.39, 0.29) is 5.41 Å². The second kappa shape index (κ2) is 5.60. The monoisotopic (exact) mass is 340 g/mol. The van der Waals surface area contributed by atoms with Crippen LogP contribution in [0, 0.1) is 0 Å². The van der Waals surface area contributed by atoms with Gasteiger partial charge in [-0.05, 0) is 36.8 Å². The van der Waals surface area contributed by atoms with Crippen molar-refractivity contribution in [3.05, 3.63) is 16.5 Å². The van der Waals surface area contributed by atoms with Gasteiger partial charge in [0.15, 0.2) is 0 Å². The molecule has 0 saturated carbocycles. The molecule has 0 radical (unpaired) electrons. The SMILES string of the molecule is CC1CN(c2cc(Br)nc(C(C)(C)C)n2)CC(C)N1C. The average molecular weight is 341 g/mol. The molecular weight excluding hydrogens is 316 g/mol. The number of nitrogens with zero attached hydrogens (tertiary/aromatic N) is 4. The summed E-state index contributed by atoms with van der Waals surface area (Å²) in [6.45, 7) is 13.0. The van der Waals surface area contributed by atoms with Gasteiger partial charge in [-0.25, -0.2) is 9.97 Å². The van der Waals surface area contributed by atoms with Crippen molar-refractivity contribution in [2.45, 2.75) is 52.1 Å². The Morgan fingerprint density at radius 1 is 1.15 bits per heavy atom. The number of rotatable bonds is 1. The zero-order valence-electron chi connectivity index (χ0n) is 13.3. The predicted molar refractivity (Wildman–Crippen MR) is 87.3 cm³/mol. The van der Waals surface area contributed by atoms with Crippen molar-refractivity contribution in [3.63, 3.8) is 0 Å². The van der Waals surface area contributed by atoms with Crippen LogP contribution in [0.4, 0.5) is 5.82 Å². The van der Waals surface area contributed by atoms with Crippen LogP contribution in [0.2, 0.25) is 0 Å². The summed E-state index contributed by atoms with van der Waals surface area (Å²) in [6.07, 6.45) is 0. The van der Waals surface area contributed by atoms with Crippen LogP contribution >= 0.6 is 15.9 Å². The lowest BCUT2D eigenvalue weighted by atomic mass is 9.96. The summed E-state index contributed by atoms with van der Waals surface area (Å²) in [5.41, 5.74) is -0.0393. The van der Waals surface area contributed by atoms with Gasteiger partial charge in [0, 0.05) is 36.7 Å². The van der Waals surface area contributed by atoms with Crippen molar-refractivity contribution in [2.24, 2.45) is 0 Å². The quantitative estimate of drug-likeness (QED) is 0.735. The molecular formula is C15H25BrN4. The summed E-state index contributed by atoms with van der Waals surface area (Å²) in [6, 6.07) is 3.09. The minimum absolute atomic E-state index is 0.0393. The third-order valence-corrected chi connectivity index (χ3v) is 4.44. The molecule has 0 bridgehead atoms. The molecule has 112 valence electrons. The van der Waals surface area contributed by atoms with E-state index in [2.05, 4.69) is 72.4 Å². The summed E-state index contributed by atoms with van der Waals surface area (Å²) in [5, 5.41) is 0. The highest BCUT2D eigenvalue weighted by Gasteiger charge is 2.28.